The van der Waals surface area contributed by atoms with E-state index in [1.807, 2.05) is 32.0 Å². The third-order valence-electron chi connectivity index (χ3n) is 3.26. The van der Waals surface area contributed by atoms with Crippen molar-refractivity contribution in [1.82, 2.24) is 10.6 Å². The zero-order valence-electron chi connectivity index (χ0n) is 13.5. The van der Waals surface area contributed by atoms with E-state index >= 15 is 0 Å². The molecule has 0 aliphatic rings. The molecule has 1 aromatic heterocycles. The lowest BCUT2D eigenvalue weighted by Gasteiger charge is -2.10. The largest absolute Gasteiger partial charge is 0.459 e. The molecule has 0 aliphatic heterocycles. The Labute approximate surface area is 139 Å². The van der Waals surface area contributed by atoms with E-state index in [2.05, 4.69) is 16.0 Å². The lowest BCUT2D eigenvalue weighted by Crippen LogP contribution is -2.40. The highest BCUT2D eigenvalue weighted by Crippen LogP contribution is 2.15. The molecule has 24 heavy (non-hydrogen) atoms. The summed E-state index contributed by atoms with van der Waals surface area (Å²) in [6.45, 7) is 3.44. The van der Waals surface area contributed by atoms with Gasteiger partial charge in [-0.3, -0.25) is 14.4 Å². The van der Waals surface area contributed by atoms with Gasteiger partial charge in [-0.15, -0.1) is 0 Å². The monoisotopic (exact) mass is 329 g/mol. The van der Waals surface area contributed by atoms with E-state index in [0.717, 1.165) is 11.1 Å². The minimum Gasteiger partial charge on any atom is -0.459 e. The summed E-state index contributed by atoms with van der Waals surface area (Å²) in [5.74, 6) is -1.18. The first-order valence-corrected chi connectivity index (χ1v) is 7.41. The molecule has 126 valence electrons. The average molecular weight is 329 g/mol. The number of nitrogens with one attached hydrogen (secondary N) is 3. The van der Waals surface area contributed by atoms with Gasteiger partial charge in [0.25, 0.3) is 5.91 Å². The fourth-order valence-corrected chi connectivity index (χ4v) is 2.05. The van der Waals surface area contributed by atoms with Gasteiger partial charge in [-0.25, -0.2) is 0 Å². The van der Waals surface area contributed by atoms with Crippen molar-refractivity contribution in [3.8, 4) is 0 Å². The third kappa shape index (κ3) is 4.98. The van der Waals surface area contributed by atoms with Crippen LogP contribution in [0.25, 0.3) is 0 Å². The maximum absolute atomic E-state index is 11.9. The summed E-state index contributed by atoms with van der Waals surface area (Å²) in [5.41, 5.74) is 2.75. The summed E-state index contributed by atoms with van der Waals surface area (Å²) in [6.07, 6.45) is 1.37. The van der Waals surface area contributed by atoms with Gasteiger partial charge in [-0.1, -0.05) is 17.7 Å². The highest BCUT2D eigenvalue weighted by Gasteiger charge is 2.11. The second-order valence-electron chi connectivity index (χ2n) is 5.30. The first-order chi connectivity index (χ1) is 11.5. The Bertz CT molecular complexity index is 738. The molecule has 7 nitrogen and oxygen atoms in total. The molecular formula is C17H19N3O4. The molecule has 0 saturated heterocycles. The molecular weight excluding hydrogens is 310 g/mol. The standard InChI is InChI=1S/C17H19N3O4/c1-11-5-6-13(12(2)8-11)20-16(22)10-18-15(21)9-19-17(23)14-4-3-7-24-14/h3-8H,9-10H2,1-2H3,(H,18,21)(H,19,23)(H,20,22). The van der Waals surface area contributed by atoms with Gasteiger partial charge in [0.1, 0.15) is 0 Å². The van der Waals surface area contributed by atoms with Crippen LogP contribution in [0.15, 0.2) is 41.0 Å². The number of hydrogen-bond acceptors (Lipinski definition) is 4. The Hall–Kier alpha value is -3.09. The van der Waals surface area contributed by atoms with Crippen LogP contribution in [0.5, 0.6) is 0 Å². The van der Waals surface area contributed by atoms with E-state index in [0.29, 0.717) is 5.69 Å². The molecule has 0 aliphatic carbocycles. The summed E-state index contributed by atoms with van der Waals surface area (Å²) in [4.78, 5) is 35.1. The van der Waals surface area contributed by atoms with Crippen LogP contribution >= 0.6 is 0 Å². The second-order valence-corrected chi connectivity index (χ2v) is 5.30. The first kappa shape index (κ1) is 17.3. The Balaban J connectivity index is 1.73. The minimum atomic E-state index is -0.491. The Morgan fingerprint density at radius 1 is 1.00 bits per heavy atom. The van der Waals surface area contributed by atoms with Gasteiger partial charge in [-0.05, 0) is 37.6 Å². The maximum atomic E-state index is 11.9. The SMILES string of the molecule is Cc1ccc(NC(=O)CNC(=O)CNC(=O)c2ccco2)c(C)c1. The van der Waals surface area contributed by atoms with E-state index in [1.54, 1.807) is 6.07 Å². The summed E-state index contributed by atoms with van der Waals surface area (Å²) >= 11 is 0. The van der Waals surface area contributed by atoms with E-state index in [1.165, 1.54) is 12.3 Å². The summed E-state index contributed by atoms with van der Waals surface area (Å²) in [5, 5.41) is 7.56. The molecule has 2 aromatic rings. The van der Waals surface area contributed by atoms with E-state index in [4.69, 9.17) is 4.42 Å². The van der Waals surface area contributed by atoms with Crippen molar-refractivity contribution in [3.63, 3.8) is 0 Å². The van der Waals surface area contributed by atoms with Crippen LogP contribution in [-0.4, -0.2) is 30.8 Å². The summed E-state index contributed by atoms with van der Waals surface area (Å²) < 4.78 is 4.90. The number of amides is 3. The van der Waals surface area contributed by atoms with Gasteiger partial charge in [0.2, 0.25) is 11.8 Å². The lowest BCUT2D eigenvalue weighted by atomic mass is 10.1. The highest BCUT2D eigenvalue weighted by molar-refractivity contribution is 5.97. The number of carbonyl (C=O) groups is 3. The zero-order valence-corrected chi connectivity index (χ0v) is 13.5. The molecule has 3 N–H and O–H groups in total. The summed E-state index contributed by atoms with van der Waals surface area (Å²) in [7, 11) is 0. The molecule has 7 heteroatoms. The molecule has 2 rings (SSSR count). The van der Waals surface area contributed by atoms with Crippen LogP contribution in [0.3, 0.4) is 0 Å². The summed E-state index contributed by atoms with van der Waals surface area (Å²) in [6, 6.07) is 8.73. The average Bonchev–Trinajstić information content (AvgIpc) is 3.08. The number of anilines is 1. The lowest BCUT2D eigenvalue weighted by molar-refractivity contribution is -0.123. The molecule has 1 heterocycles. The Kier molecular flexibility index (Phi) is 5.73. The zero-order chi connectivity index (χ0) is 17.5. The van der Waals surface area contributed by atoms with E-state index in [9.17, 15) is 14.4 Å². The molecule has 1 aromatic carbocycles. The molecule has 3 amide bonds. The van der Waals surface area contributed by atoms with Crippen LogP contribution in [0.2, 0.25) is 0 Å². The molecule has 0 saturated carbocycles. The van der Waals surface area contributed by atoms with Gasteiger partial charge < -0.3 is 20.4 Å². The van der Waals surface area contributed by atoms with Crippen LogP contribution in [0.1, 0.15) is 21.7 Å². The van der Waals surface area contributed by atoms with Crippen molar-refractivity contribution in [1.29, 1.82) is 0 Å². The fourth-order valence-electron chi connectivity index (χ4n) is 2.05. The number of rotatable bonds is 6. The van der Waals surface area contributed by atoms with Crippen LogP contribution in [0.4, 0.5) is 5.69 Å². The quantitative estimate of drug-likeness (QED) is 0.745. The molecule has 0 atom stereocenters. The molecule has 0 bridgehead atoms. The van der Waals surface area contributed by atoms with Crippen molar-refractivity contribution in [2.24, 2.45) is 0 Å². The number of benzene rings is 1. The van der Waals surface area contributed by atoms with Crippen molar-refractivity contribution in [2.45, 2.75) is 13.8 Å². The van der Waals surface area contributed by atoms with Gasteiger partial charge in [0.15, 0.2) is 5.76 Å². The fraction of sp³-hybridized carbons (Fsp3) is 0.235. The number of carbonyl (C=O) groups excluding carboxylic acids is 3. The van der Waals surface area contributed by atoms with E-state index < -0.39 is 11.8 Å². The smallest absolute Gasteiger partial charge is 0.287 e. The van der Waals surface area contributed by atoms with Crippen molar-refractivity contribution in [2.75, 3.05) is 18.4 Å². The topological polar surface area (TPSA) is 100 Å². The molecule has 0 radical (unpaired) electrons. The van der Waals surface area contributed by atoms with Crippen molar-refractivity contribution in [3.05, 3.63) is 53.5 Å². The number of furan rings is 1. The van der Waals surface area contributed by atoms with Crippen LogP contribution in [-0.2, 0) is 9.59 Å². The molecule has 0 unspecified atom stereocenters. The first-order valence-electron chi connectivity index (χ1n) is 7.41. The third-order valence-corrected chi connectivity index (χ3v) is 3.26. The number of hydrogen-bond donors (Lipinski definition) is 3. The van der Waals surface area contributed by atoms with Crippen molar-refractivity contribution < 1.29 is 18.8 Å². The van der Waals surface area contributed by atoms with Gasteiger partial charge in [-0.2, -0.15) is 0 Å². The van der Waals surface area contributed by atoms with Crippen LogP contribution < -0.4 is 16.0 Å². The van der Waals surface area contributed by atoms with Gasteiger partial charge in [0.05, 0.1) is 19.4 Å². The van der Waals surface area contributed by atoms with Crippen LogP contribution in [0, 0.1) is 13.8 Å². The maximum Gasteiger partial charge on any atom is 0.287 e. The van der Waals surface area contributed by atoms with Gasteiger partial charge in [0, 0.05) is 5.69 Å². The number of aryl methyl sites for hydroxylation is 2. The highest BCUT2D eigenvalue weighted by atomic mass is 16.3. The molecule has 0 fully saturated rings. The minimum absolute atomic E-state index is 0.121. The Morgan fingerprint density at radius 3 is 2.42 bits per heavy atom. The normalized spacial score (nSPS) is 10.1. The Morgan fingerprint density at radius 2 is 1.75 bits per heavy atom. The van der Waals surface area contributed by atoms with Gasteiger partial charge >= 0.3 is 0 Å². The second kappa shape index (κ2) is 7.96. The molecule has 0 spiro atoms. The van der Waals surface area contributed by atoms with E-state index in [-0.39, 0.29) is 24.8 Å². The predicted molar refractivity (Wildman–Crippen MR) is 88.6 cm³/mol. The van der Waals surface area contributed by atoms with Crippen molar-refractivity contribution >= 4 is 23.4 Å². The predicted octanol–water partition coefficient (Wildman–Crippen LogP) is 1.38.